The molecule has 2 fully saturated rings. The van der Waals surface area contributed by atoms with E-state index in [1.807, 2.05) is 24.3 Å². The molecule has 0 unspecified atom stereocenters. The second-order valence-corrected chi connectivity index (χ2v) is 14.9. The van der Waals surface area contributed by atoms with Gasteiger partial charge < -0.3 is 47.7 Å². The highest BCUT2D eigenvalue weighted by molar-refractivity contribution is 6.32. The van der Waals surface area contributed by atoms with Gasteiger partial charge in [0, 0.05) is 90.7 Å². The maximum Gasteiger partial charge on any atom is 0.168 e. The predicted octanol–water partition coefficient (Wildman–Crippen LogP) is 6.70. The molecule has 0 aliphatic carbocycles. The monoisotopic (exact) mass is 852 g/mol. The Hall–Kier alpha value is -4.66. The van der Waals surface area contributed by atoms with Crippen molar-refractivity contribution >= 4 is 11.6 Å². The van der Waals surface area contributed by atoms with E-state index in [0.29, 0.717) is 29.7 Å². The lowest BCUT2D eigenvalue weighted by atomic mass is 10.1. The van der Waals surface area contributed by atoms with Gasteiger partial charge in [-0.25, -0.2) is 4.39 Å². The van der Waals surface area contributed by atoms with Gasteiger partial charge in [0.05, 0.1) is 47.7 Å². The molecule has 0 spiro atoms. The third kappa shape index (κ3) is 14.2. The zero-order valence-electron chi connectivity index (χ0n) is 36.1. The molecule has 60 heavy (non-hydrogen) atoms. The molecule has 2 saturated heterocycles. The fourth-order valence-electron chi connectivity index (χ4n) is 7.18. The summed E-state index contributed by atoms with van der Waals surface area (Å²) in [6, 6.07) is 22.4. The van der Waals surface area contributed by atoms with Crippen LogP contribution in [0.1, 0.15) is 11.1 Å². The van der Waals surface area contributed by atoms with Gasteiger partial charge in [-0.1, -0.05) is 23.7 Å². The number of piperazine rings is 2. The predicted molar refractivity (Wildman–Crippen MR) is 234 cm³/mol. The third-order valence-corrected chi connectivity index (χ3v) is 11.2. The maximum atomic E-state index is 13.7. The van der Waals surface area contributed by atoms with Crippen LogP contribution < -0.4 is 37.9 Å². The summed E-state index contributed by atoms with van der Waals surface area (Å²) < 4.78 is 56.7. The Balaban J connectivity index is 0.000000228. The van der Waals surface area contributed by atoms with Gasteiger partial charge in [0.2, 0.25) is 0 Å². The quantitative estimate of drug-likeness (QED) is 0.0950. The van der Waals surface area contributed by atoms with E-state index in [9.17, 15) is 4.39 Å². The average molecular weight is 853 g/mol. The Bertz CT molecular complexity index is 1760. The average Bonchev–Trinajstić information content (AvgIpc) is 3.28. The topological polar surface area (TPSA) is 86.8 Å². The van der Waals surface area contributed by atoms with Crippen molar-refractivity contribution in [3.63, 3.8) is 0 Å². The summed E-state index contributed by atoms with van der Waals surface area (Å²) in [7, 11) is 9.71. The van der Waals surface area contributed by atoms with E-state index < -0.39 is 5.82 Å². The fourth-order valence-corrected chi connectivity index (χ4v) is 7.43. The first kappa shape index (κ1) is 46.4. The van der Waals surface area contributed by atoms with Crippen LogP contribution in [0.3, 0.4) is 0 Å². The lowest BCUT2D eigenvalue weighted by Gasteiger charge is -2.34. The lowest BCUT2D eigenvalue weighted by Crippen LogP contribution is -2.47. The molecule has 12 nitrogen and oxygen atoms in total. The number of methoxy groups -OCH3 is 6. The Morgan fingerprint density at radius 3 is 1.18 bits per heavy atom. The van der Waals surface area contributed by atoms with Crippen LogP contribution in [-0.4, -0.2) is 154 Å². The first-order valence-electron chi connectivity index (χ1n) is 20.5. The van der Waals surface area contributed by atoms with E-state index in [0.717, 1.165) is 120 Å². The largest absolute Gasteiger partial charge is 0.495 e. The number of hydrogen-bond acceptors (Lipinski definition) is 12. The van der Waals surface area contributed by atoms with Crippen LogP contribution in [0, 0.1) is 5.82 Å². The molecule has 0 bridgehead atoms. The SMILES string of the molecule is COc1ccc(OCCN2CCN(CCc3ccc(OC)c(OC)c3)CC2)cc1Cl.COc1ccc(OCCN2CCN(CCc3ccc(OC)c(OC)c3)CC2)cc1F. The van der Waals surface area contributed by atoms with E-state index in [1.165, 1.54) is 24.3 Å². The van der Waals surface area contributed by atoms with Crippen LogP contribution in [0.4, 0.5) is 4.39 Å². The van der Waals surface area contributed by atoms with Crippen LogP contribution >= 0.6 is 11.6 Å². The summed E-state index contributed by atoms with van der Waals surface area (Å²) in [5.41, 5.74) is 2.51. The highest BCUT2D eigenvalue weighted by atomic mass is 35.5. The van der Waals surface area contributed by atoms with E-state index >= 15 is 0 Å². The first-order valence-corrected chi connectivity index (χ1v) is 20.9. The summed E-state index contributed by atoms with van der Waals surface area (Å²) in [4.78, 5) is 9.81. The molecular weight excluding hydrogens is 791 g/mol. The Kier molecular flexibility index (Phi) is 19.0. The lowest BCUT2D eigenvalue weighted by molar-refractivity contribution is 0.117. The van der Waals surface area contributed by atoms with Gasteiger partial charge in [-0.2, -0.15) is 0 Å². The van der Waals surface area contributed by atoms with Crippen molar-refractivity contribution < 1.29 is 42.3 Å². The van der Waals surface area contributed by atoms with Gasteiger partial charge in [0.15, 0.2) is 34.6 Å². The first-order chi connectivity index (χ1) is 29.2. The maximum absolute atomic E-state index is 13.7. The van der Waals surface area contributed by atoms with E-state index in [2.05, 4.69) is 43.9 Å². The minimum Gasteiger partial charge on any atom is -0.495 e. The summed E-state index contributed by atoms with van der Waals surface area (Å²) in [5.74, 6) is 4.88. The van der Waals surface area contributed by atoms with Crippen molar-refractivity contribution in [2.75, 3.05) is 134 Å². The molecule has 0 saturated carbocycles. The molecule has 4 aromatic carbocycles. The molecule has 328 valence electrons. The summed E-state index contributed by atoms with van der Waals surface area (Å²) in [6.07, 6.45) is 1.98. The fraction of sp³-hybridized carbons (Fsp3) is 0.478. The van der Waals surface area contributed by atoms with Gasteiger partial charge in [0.25, 0.3) is 0 Å². The smallest absolute Gasteiger partial charge is 0.168 e. The van der Waals surface area contributed by atoms with Crippen molar-refractivity contribution in [2.24, 2.45) is 0 Å². The molecule has 0 radical (unpaired) electrons. The van der Waals surface area contributed by atoms with Gasteiger partial charge in [-0.3, -0.25) is 9.80 Å². The zero-order chi connectivity index (χ0) is 42.7. The normalized spacial score (nSPS) is 15.1. The molecule has 14 heteroatoms. The number of ether oxygens (including phenoxy) is 8. The number of benzene rings is 4. The summed E-state index contributed by atoms with van der Waals surface area (Å²) in [5, 5.41) is 0.568. The van der Waals surface area contributed by atoms with Crippen LogP contribution in [0.5, 0.6) is 46.0 Å². The molecule has 4 aromatic rings. The van der Waals surface area contributed by atoms with Crippen molar-refractivity contribution in [1.29, 1.82) is 0 Å². The van der Waals surface area contributed by atoms with E-state index in [1.54, 1.807) is 53.7 Å². The van der Waals surface area contributed by atoms with Crippen LogP contribution in [0.2, 0.25) is 5.02 Å². The number of nitrogens with zero attached hydrogens (tertiary/aromatic N) is 4. The number of hydrogen-bond donors (Lipinski definition) is 0. The Labute approximate surface area is 360 Å². The Morgan fingerprint density at radius 2 is 0.800 bits per heavy atom. The number of rotatable bonds is 20. The number of halogens is 2. The van der Waals surface area contributed by atoms with Gasteiger partial charge >= 0.3 is 0 Å². The van der Waals surface area contributed by atoms with Crippen LogP contribution in [0.15, 0.2) is 72.8 Å². The summed E-state index contributed by atoms with van der Waals surface area (Å²) >= 11 is 6.15. The van der Waals surface area contributed by atoms with Crippen LogP contribution in [-0.2, 0) is 12.8 Å². The van der Waals surface area contributed by atoms with Gasteiger partial charge in [-0.15, -0.1) is 0 Å². The molecule has 2 aliphatic heterocycles. The van der Waals surface area contributed by atoms with Gasteiger partial charge in [0.1, 0.15) is 30.5 Å². The molecule has 2 aliphatic rings. The molecular formula is C46H62ClFN4O8. The molecule has 0 atom stereocenters. The highest BCUT2D eigenvalue weighted by Crippen LogP contribution is 2.30. The van der Waals surface area contributed by atoms with Crippen molar-refractivity contribution in [1.82, 2.24) is 19.6 Å². The van der Waals surface area contributed by atoms with Crippen molar-refractivity contribution in [3.8, 4) is 46.0 Å². The van der Waals surface area contributed by atoms with Crippen LogP contribution in [0.25, 0.3) is 0 Å². The summed E-state index contributed by atoms with van der Waals surface area (Å²) in [6.45, 7) is 13.3. The molecule has 2 heterocycles. The molecule has 0 aromatic heterocycles. The minimum atomic E-state index is -0.405. The van der Waals surface area contributed by atoms with Crippen molar-refractivity contribution in [2.45, 2.75) is 12.8 Å². The zero-order valence-corrected chi connectivity index (χ0v) is 36.8. The third-order valence-electron chi connectivity index (χ3n) is 10.9. The molecule has 6 rings (SSSR count). The minimum absolute atomic E-state index is 0.228. The van der Waals surface area contributed by atoms with E-state index in [-0.39, 0.29) is 5.75 Å². The standard InChI is InChI=1S/C23H31ClN2O4.C23H31FN2O4/c2*1-27-21-7-5-19(17-20(21)24)30-15-14-26-12-10-25(11-13-26)9-8-18-4-6-22(28-2)23(16-18)29-3/h2*4-7,16-17H,8-15H2,1-3H3. The second kappa shape index (κ2) is 24.6. The highest BCUT2D eigenvalue weighted by Gasteiger charge is 2.19. The van der Waals surface area contributed by atoms with E-state index in [4.69, 9.17) is 49.5 Å². The molecule has 0 N–H and O–H groups in total. The Morgan fingerprint density at radius 1 is 0.433 bits per heavy atom. The van der Waals surface area contributed by atoms with Gasteiger partial charge in [-0.05, 0) is 72.5 Å². The van der Waals surface area contributed by atoms with Crippen molar-refractivity contribution in [3.05, 3.63) is 94.8 Å². The molecule has 0 amide bonds. The second-order valence-electron chi connectivity index (χ2n) is 14.5.